The average Bonchev–Trinajstić information content (AvgIpc) is 2.60. The number of likely N-dealkylation sites (tertiary alicyclic amines) is 1. The lowest BCUT2D eigenvalue weighted by Gasteiger charge is -2.12. The summed E-state index contributed by atoms with van der Waals surface area (Å²) in [4.78, 5) is 2.46. The van der Waals surface area contributed by atoms with Crippen LogP contribution in [0.3, 0.4) is 0 Å². The van der Waals surface area contributed by atoms with Crippen molar-refractivity contribution in [1.29, 1.82) is 0 Å². The zero-order valence-corrected chi connectivity index (χ0v) is 10.3. The lowest BCUT2D eigenvalue weighted by molar-refractivity contribution is 0.325. The van der Waals surface area contributed by atoms with E-state index in [1.165, 1.54) is 24.9 Å². The molecule has 0 spiro atoms. The molecule has 1 aromatic carbocycles. The molecule has 0 aromatic heterocycles. The van der Waals surface area contributed by atoms with E-state index >= 15 is 0 Å². The topological polar surface area (TPSA) is 3.24 Å². The molecule has 1 fully saturated rings. The quantitative estimate of drug-likeness (QED) is 0.746. The van der Waals surface area contributed by atoms with Crippen LogP contribution in [-0.2, 0) is 0 Å². The van der Waals surface area contributed by atoms with E-state index in [1.807, 2.05) is 0 Å². The first-order valence-corrected chi connectivity index (χ1v) is 6.17. The molecule has 2 atom stereocenters. The monoisotopic (exact) mass is 215 g/mol. The van der Waals surface area contributed by atoms with Crippen molar-refractivity contribution < 1.29 is 0 Å². The summed E-state index contributed by atoms with van der Waals surface area (Å²) in [5.41, 5.74) is 1.31. The molecule has 0 radical (unpaired) electrons. The maximum Gasteiger partial charge on any atom is 0.00672 e. The van der Waals surface area contributed by atoms with Gasteiger partial charge in [-0.3, -0.25) is 0 Å². The molecular formula is C15H21N. The third-order valence-electron chi connectivity index (χ3n) is 3.55. The van der Waals surface area contributed by atoms with Crippen LogP contribution in [0, 0.1) is 5.92 Å². The van der Waals surface area contributed by atoms with Crippen molar-refractivity contribution in [2.45, 2.75) is 25.8 Å². The van der Waals surface area contributed by atoms with Gasteiger partial charge in [-0.05, 0) is 38.3 Å². The van der Waals surface area contributed by atoms with Gasteiger partial charge in [-0.2, -0.15) is 0 Å². The van der Waals surface area contributed by atoms with E-state index in [4.69, 9.17) is 0 Å². The molecule has 1 aliphatic rings. The van der Waals surface area contributed by atoms with Crippen molar-refractivity contribution in [2.24, 2.45) is 5.92 Å². The minimum atomic E-state index is 0.759. The van der Waals surface area contributed by atoms with Crippen molar-refractivity contribution in [2.75, 3.05) is 13.6 Å². The van der Waals surface area contributed by atoms with Gasteiger partial charge in [0.15, 0.2) is 0 Å². The summed E-state index contributed by atoms with van der Waals surface area (Å²) in [6.45, 7) is 3.57. The average molecular weight is 215 g/mol. The molecule has 0 unspecified atom stereocenters. The Kier molecular flexibility index (Phi) is 3.79. The van der Waals surface area contributed by atoms with E-state index in [1.54, 1.807) is 0 Å². The number of hydrogen-bond donors (Lipinski definition) is 0. The third kappa shape index (κ3) is 2.96. The standard InChI is InChI=1S/C15H21N/c1-13-11-15(12-16(13)2)10-6-9-14-7-4-3-5-8-14/h3-9,13,15H,10-12H2,1-2H3/b9-6+/t13-,15-/m1/s1. The Balaban J connectivity index is 1.82. The number of rotatable bonds is 3. The van der Waals surface area contributed by atoms with Gasteiger partial charge in [0.1, 0.15) is 0 Å². The molecule has 0 amide bonds. The highest BCUT2D eigenvalue weighted by molar-refractivity contribution is 5.48. The van der Waals surface area contributed by atoms with Gasteiger partial charge in [0.25, 0.3) is 0 Å². The van der Waals surface area contributed by atoms with Crippen LogP contribution < -0.4 is 0 Å². The van der Waals surface area contributed by atoms with Crippen LogP contribution in [-0.4, -0.2) is 24.5 Å². The maximum absolute atomic E-state index is 2.46. The number of hydrogen-bond acceptors (Lipinski definition) is 1. The van der Waals surface area contributed by atoms with Crippen LogP contribution >= 0.6 is 0 Å². The fourth-order valence-corrected chi connectivity index (χ4v) is 2.46. The smallest absolute Gasteiger partial charge is 0.00672 e. The molecule has 1 heterocycles. The molecule has 1 aliphatic heterocycles. The Morgan fingerprint density at radius 2 is 2.06 bits per heavy atom. The normalized spacial score (nSPS) is 26.6. The third-order valence-corrected chi connectivity index (χ3v) is 3.55. The Morgan fingerprint density at radius 3 is 2.69 bits per heavy atom. The van der Waals surface area contributed by atoms with Gasteiger partial charge in [0, 0.05) is 12.6 Å². The molecule has 1 saturated heterocycles. The van der Waals surface area contributed by atoms with Crippen molar-refractivity contribution in [3.63, 3.8) is 0 Å². The summed E-state index contributed by atoms with van der Waals surface area (Å²) < 4.78 is 0. The summed E-state index contributed by atoms with van der Waals surface area (Å²) in [5, 5.41) is 0. The van der Waals surface area contributed by atoms with E-state index in [-0.39, 0.29) is 0 Å². The van der Waals surface area contributed by atoms with Crippen molar-refractivity contribution in [1.82, 2.24) is 4.90 Å². The highest BCUT2D eigenvalue weighted by Crippen LogP contribution is 2.24. The van der Waals surface area contributed by atoms with Gasteiger partial charge in [0.05, 0.1) is 0 Å². The summed E-state index contributed by atoms with van der Waals surface area (Å²) in [5.74, 6) is 0.847. The molecule has 2 rings (SSSR count). The van der Waals surface area contributed by atoms with Gasteiger partial charge in [-0.1, -0.05) is 42.5 Å². The minimum absolute atomic E-state index is 0.759. The number of nitrogens with zero attached hydrogens (tertiary/aromatic N) is 1. The second kappa shape index (κ2) is 5.31. The van der Waals surface area contributed by atoms with Gasteiger partial charge >= 0.3 is 0 Å². The summed E-state index contributed by atoms with van der Waals surface area (Å²) in [6.07, 6.45) is 7.12. The van der Waals surface area contributed by atoms with Crippen LogP contribution in [0.4, 0.5) is 0 Å². The van der Waals surface area contributed by atoms with E-state index < -0.39 is 0 Å². The van der Waals surface area contributed by atoms with Gasteiger partial charge in [-0.15, -0.1) is 0 Å². The predicted molar refractivity (Wildman–Crippen MR) is 70.3 cm³/mol. The van der Waals surface area contributed by atoms with Crippen LogP contribution in [0.25, 0.3) is 6.08 Å². The summed E-state index contributed by atoms with van der Waals surface area (Å²) in [7, 11) is 2.23. The molecule has 0 aliphatic carbocycles. The number of allylic oxidation sites excluding steroid dienone is 1. The Labute approximate surface area is 98.8 Å². The van der Waals surface area contributed by atoms with Crippen LogP contribution in [0.1, 0.15) is 25.3 Å². The van der Waals surface area contributed by atoms with Crippen molar-refractivity contribution in [3.8, 4) is 0 Å². The van der Waals surface area contributed by atoms with Crippen LogP contribution in [0.5, 0.6) is 0 Å². The molecule has 1 nitrogen and oxygen atoms in total. The number of benzene rings is 1. The highest BCUT2D eigenvalue weighted by Gasteiger charge is 2.24. The zero-order valence-electron chi connectivity index (χ0n) is 10.3. The molecular weight excluding hydrogens is 194 g/mol. The molecule has 1 heteroatoms. The second-order valence-electron chi connectivity index (χ2n) is 4.94. The van der Waals surface area contributed by atoms with E-state index in [0.717, 1.165) is 12.0 Å². The second-order valence-corrected chi connectivity index (χ2v) is 4.94. The molecule has 0 N–H and O–H groups in total. The molecule has 1 aromatic rings. The Hall–Kier alpha value is -1.08. The Morgan fingerprint density at radius 1 is 1.31 bits per heavy atom. The van der Waals surface area contributed by atoms with E-state index in [0.29, 0.717) is 0 Å². The first-order valence-electron chi connectivity index (χ1n) is 6.17. The largest absolute Gasteiger partial charge is 0.303 e. The first kappa shape index (κ1) is 11.4. The highest BCUT2D eigenvalue weighted by atomic mass is 15.1. The van der Waals surface area contributed by atoms with Gasteiger partial charge < -0.3 is 4.90 Å². The SMILES string of the molecule is C[C@@H]1C[C@@H](C/C=C/c2ccccc2)CN1C. The van der Waals surface area contributed by atoms with E-state index in [2.05, 4.69) is 61.4 Å². The molecule has 0 bridgehead atoms. The molecule has 86 valence electrons. The van der Waals surface area contributed by atoms with E-state index in [9.17, 15) is 0 Å². The summed E-state index contributed by atoms with van der Waals surface area (Å²) >= 11 is 0. The van der Waals surface area contributed by atoms with Crippen LogP contribution in [0.2, 0.25) is 0 Å². The fourth-order valence-electron chi connectivity index (χ4n) is 2.46. The zero-order chi connectivity index (χ0) is 11.4. The van der Waals surface area contributed by atoms with Gasteiger partial charge in [-0.25, -0.2) is 0 Å². The fraction of sp³-hybridized carbons (Fsp3) is 0.467. The first-order chi connectivity index (χ1) is 7.75. The van der Waals surface area contributed by atoms with Crippen molar-refractivity contribution >= 4 is 6.08 Å². The lowest BCUT2D eigenvalue weighted by Crippen LogP contribution is -2.21. The molecule has 0 saturated carbocycles. The summed E-state index contributed by atoms with van der Waals surface area (Å²) in [6, 6.07) is 11.3. The lowest BCUT2D eigenvalue weighted by atomic mass is 10.0. The van der Waals surface area contributed by atoms with Gasteiger partial charge in [0.2, 0.25) is 0 Å². The maximum atomic E-state index is 2.46. The van der Waals surface area contributed by atoms with Crippen molar-refractivity contribution in [3.05, 3.63) is 42.0 Å². The predicted octanol–water partition coefficient (Wildman–Crippen LogP) is 3.43. The molecule has 16 heavy (non-hydrogen) atoms. The Bertz CT molecular complexity index is 332. The van der Waals surface area contributed by atoms with Crippen LogP contribution in [0.15, 0.2) is 36.4 Å². The minimum Gasteiger partial charge on any atom is -0.303 e.